The summed E-state index contributed by atoms with van der Waals surface area (Å²) in [6.07, 6.45) is -1.43. The molecule has 0 aromatic heterocycles. The molecule has 15 heteroatoms. The highest BCUT2D eigenvalue weighted by Crippen LogP contribution is 2.07. The first-order valence-corrected chi connectivity index (χ1v) is 7.78. The van der Waals surface area contributed by atoms with Crippen LogP contribution in [0.2, 0.25) is 0 Å². The van der Waals surface area contributed by atoms with Crippen LogP contribution in [0.15, 0.2) is 0 Å². The van der Waals surface area contributed by atoms with Crippen LogP contribution in [0.5, 0.6) is 0 Å². The zero-order valence-electron chi connectivity index (χ0n) is 15.8. The second-order valence-electron chi connectivity index (χ2n) is 5.47. The van der Waals surface area contributed by atoms with Crippen LogP contribution in [0.1, 0.15) is 6.92 Å². The summed E-state index contributed by atoms with van der Waals surface area (Å²) in [5.41, 5.74) is 0. The number of ether oxygens (including phenoxy) is 1. The molecule has 170 valence electrons. The number of carboxylic acids is 4. The molecule has 0 unspecified atom stereocenters. The van der Waals surface area contributed by atoms with Gasteiger partial charge < -0.3 is 46.8 Å². The van der Waals surface area contributed by atoms with Gasteiger partial charge in [0.2, 0.25) is 0 Å². The number of carboxylic acid groups (broad SMARTS) is 4. The zero-order valence-corrected chi connectivity index (χ0v) is 15.8. The van der Waals surface area contributed by atoms with E-state index in [0.29, 0.717) is 6.61 Å². The Balaban J connectivity index is -0.000000491. The van der Waals surface area contributed by atoms with Gasteiger partial charge in [-0.1, -0.05) is 0 Å². The first kappa shape index (κ1) is 30.9. The summed E-state index contributed by atoms with van der Waals surface area (Å²) in [6.45, 7) is -1.52. The molecule has 0 rings (SSSR count). The predicted octanol–water partition coefficient (Wildman–Crippen LogP) is -3.25. The summed E-state index contributed by atoms with van der Waals surface area (Å²) < 4.78 is 3.48. The van der Waals surface area contributed by atoms with Crippen molar-refractivity contribution < 1.29 is 63.8 Å². The number of rotatable bonds is 13. The second-order valence-corrected chi connectivity index (χ2v) is 5.47. The average molecular weight is 430 g/mol. The van der Waals surface area contributed by atoms with Gasteiger partial charge in [0, 0.05) is 6.54 Å². The van der Waals surface area contributed by atoms with Crippen LogP contribution >= 0.6 is 0 Å². The Labute approximate surface area is 165 Å². The van der Waals surface area contributed by atoms with Gasteiger partial charge in [0.05, 0.1) is 13.2 Å². The Hall–Kier alpha value is -2.85. The number of carbonyl (C=O) groups is 5. The van der Waals surface area contributed by atoms with Crippen LogP contribution in [-0.4, -0.2) is 117 Å². The first-order chi connectivity index (χ1) is 12.8. The minimum Gasteiger partial charge on any atom is -0.477 e. The standard InChI is InChI=1S/C8H11NO8.C6H13NO4.H3N/c10-5(11)1-9(2-6(12)13,3-7(14)15)4-8(16)17;1-2-11-6(10)4-7-3-5(8)9;/h1-4H2,(H3-,10,11,12,13,14,15,16,17);5,7-9H,2-4H2,1H3;1H3/p+1. The van der Waals surface area contributed by atoms with E-state index in [4.69, 9.17) is 30.6 Å². The van der Waals surface area contributed by atoms with E-state index >= 15 is 0 Å². The van der Waals surface area contributed by atoms with Crippen LogP contribution in [0, 0.1) is 0 Å². The summed E-state index contributed by atoms with van der Waals surface area (Å²) in [6, 6.07) is 0. The van der Waals surface area contributed by atoms with Crippen molar-refractivity contribution >= 4 is 29.8 Å². The lowest BCUT2D eigenvalue weighted by Crippen LogP contribution is -2.58. The van der Waals surface area contributed by atoms with Gasteiger partial charge in [-0.15, -0.1) is 0 Å². The van der Waals surface area contributed by atoms with Crippen molar-refractivity contribution in [3.63, 3.8) is 0 Å². The maximum absolute atomic E-state index is 10.6. The Morgan fingerprint density at radius 1 is 0.828 bits per heavy atom. The third-order valence-corrected chi connectivity index (χ3v) is 2.78. The van der Waals surface area contributed by atoms with E-state index < -0.39 is 66.8 Å². The van der Waals surface area contributed by atoms with E-state index in [0.717, 1.165) is 0 Å². The Morgan fingerprint density at radius 3 is 1.41 bits per heavy atom. The highest BCUT2D eigenvalue weighted by molar-refractivity contribution is 5.75. The highest BCUT2D eigenvalue weighted by atomic mass is 16.5. The monoisotopic (exact) mass is 430 g/mol. The normalized spacial score (nSPS) is 10.2. The summed E-state index contributed by atoms with van der Waals surface area (Å²) in [5, 5.41) is 53.5. The third kappa shape index (κ3) is 19.7. The maximum Gasteiger partial charge on any atom is 0.359 e. The molecular weight excluding hydrogens is 402 g/mol. The summed E-state index contributed by atoms with van der Waals surface area (Å²) in [5.74, 6) is -6.25. The lowest BCUT2D eigenvalue weighted by molar-refractivity contribution is -0.900. The number of quaternary nitrogens is 1. The Bertz CT molecular complexity index is 482. The van der Waals surface area contributed by atoms with Gasteiger partial charge >= 0.3 is 29.8 Å². The molecule has 29 heavy (non-hydrogen) atoms. The number of nitrogens with zero attached hydrogens (tertiary/aromatic N) is 1. The molecule has 0 bridgehead atoms. The summed E-state index contributed by atoms with van der Waals surface area (Å²) in [7, 11) is 0. The second kappa shape index (κ2) is 16.1. The van der Waals surface area contributed by atoms with Crippen molar-refractivity contribution in [3.05, 3.63) is 0 Å². The topological polar surface area (TPSA) is 263 Å². The molecule has 0 aromatic carbocycles. The zero-order chi connectivity index (χ0) is 22.3. The SMILES string of the molecule is CCOC(=O)CNCC(O)O.N.O=C(O)C[N+](CC(=O)O)(CC(=O)O)CC(=O)O. The predicted molar refractivity (Wildman–Crippen MR) is 93.0 cm³/mol. The van der Waals surface area contributed by atoms with Crippen LogP contribution in [0.4, 0.5) is 0 Å². The Kier molecular flexibility index (Phi) is 17.2. The lowest BCUT2D eigenvalue weighted by Gasteiger charge is -2.32. The fourth-order valence-electron chi connectivity index (χ4n) is 2.00. The quantitative estimate of drug-likeness (QED) is 0.0810. The smallest absolute Gasteiger partial charge is 0.359 e. The van der Waals surface area contributed by atoms with Gasteiger partial charge in [0.15, 0.2) is 32.5 Å². The van der Waals surface area contributed by atoms with Gasteiger partial charge in [0.25, 0.3) is 0 Å². The van der Waals surface area contributed by atoms with Crippen molar-refractivity contribution in [2.75, 3.05) is 45.9 Å². The molecule has 10 N–H and O–H groups in total. The fourth-order valence-corrected chi connectivity index (χ4v) is 2.00. The van der Waals surface area contributed by atoms with Crippen LogP contribution < -0.4 is 11.5 Å². The van der Waals surface area contributed by atoms with Crippen LogP contribution in [-0.2, 0) is 28.7 Å². The maximum atomic E-state index is 10.6. The minimum atomic E-state index is -1.46. The highest BCUT2D eigenvalue weighted by Gasteiger charge is 2.38. The molecule has 0 aliphatic heterocycles. The van der Waals surface area contributed by atoms with Crippen molar-refractivity contribution in [2.45, 2.75) is 13.2 Å². The van der Waals surface area contributed by atoms with Crippen molar-refractivity contribution in [1.82, 2.24) is 11.5 Å². The summed E-state index contributed by atoms with van der Waals surface area (Å²) >= 11 is 0. The number of aliphatic hydroxyl groups excluding tert-OH is 1. The van der Waals surface area contributed by atoms with Gasteiger partial charge in [-0.2, -0.15) is 0 Å². The van der Waals surface area contributed by atoms with Crippen LogP contribution in [0.25, 0.3) is 0 Å². The van der Waals surface area contributed by atoms with Gasteiger partial charge in [0.1, 0.15) is 0 Å². The number of aliphatic hydroxyl groups is 2. The lowest BCUT2D eigenvalue weighted by atomic mass is 10.3. The Morgan fingerprint density at radius 2 is 1.17 bits per heavy atom. The number of hydrogen-bond donors (Lipinski definition) is 8. The number of hydrogen-bond acceptors (Lipinski definition) is 10. The number of carbonyl (C=O) groups excluding carboxylic acids is 1. The molecule has 0 heterocycles. The van der Waals surface area contributed by atoms with E-state index in [1.807, 2.05) is 0 Å². The molecule has 0 spiro atoms. The van der Waals surface area contributed by atoms with Gasteiger partial charge in [-0.05, 0) is 6.92 Å². The van der Waals surface area contributed by atoms with Gasteiger partial charge in [-0.3, -0.25) is 9.28 Å². The van der Waals surface area contributed by atoms with E-state index in [1.165, 1.54) is 0 Å². The molecule has 0 atom stereocenters. The molecular formula is C14H28N3O12+. The third-order valence-electron chi connectivity index (χ3n) is 2.78. The average Bonchev–Trinajstić information content (AvgIpc) is 2.43. The van der Waals surface area contributed by atoms with Crippen molar-refractivity contribution in [3.8, 4) is 0 Å². The molecule has 0 radical (unpaired) electrons. The van der Waals surface area contributed by atoms with E-state index in [-0.39, 0.29) is 19.2 Å². The van der Waals surface area contributed by atoms with E-state index in [9.17, 15) is 24.0 Å². The first-order valence-electron chi connectivity index (χ1n) is 7.78. The number of esters is 1. The van der Waals surface area contributed by atoms with Crippen molar-refractivity contribution in [2.24, 2.45) is 0 Å². The molecule has 0 saturated carbocycles. The van der Waals surface area contributed by atoms with Crippen molar-refractivity contribution in [1.29, 1.82) is 0 Å². The fraction of sp³-hybridized carbons (Fsp3) is 0.643. The number of nitrogens with one attached hydrogen (secondary N) is 1. The molecule has 0 aromatic rings. The minimum absolute atomic E-state index is 0. The molecule has 0 aliphatic carbocycles. The summed E-state index contributed by atoms with van der Waals surface area (Å²) in [4.78, 5) is 52.8. The molecule has 0 amide bonds. The molecule has 15 nitrogen and oxygen atoms in total. The van der Waals surface area contributed by atoms with Crippen LogP contribution in [0.3, 0.4) is 0 Å². The van der Waals surface area contributed by atoms with Gasteiger partial charge in [-0.25, -0.2) is 19.2 Å². The number of aliphatic carboxylic acids is 4. The molecule has 0 aliphatic rings. The van der Waals surface area contributed by atoms with E-state index in [1.54, 1.807) is 6.92 Å². The molecule has 0 saturated heterocycles. The van der Waals surface area contributed by atoms with E-state index in [2.05, 4.69) is 10.1 Å². The molecule has 0 fully saturated rings. The largest absolute Gasteiger partial charge is 0.477 e.